The van der Waals surface area contributed by atoms with Crippen LogP contribution in [0.5, 0.6) is 0 Å². The molecule has 1 unspecified atom stereocenters. The Hall–Kier alpha value is -1.09. The van der Waals surface area contributed by atoms with Gasteiger partial charge in [0, 0.05) is 24.8 Å². The summed E-state index contributed by atoms with van der Waals surface area (Å²) in [5.74, 6) is 0. The number of aryl methyl sites for hydroxylation is 1. The fraction of sp³-hybridized carbons (Fsp3) is 0.583. The van der Waals surface area contributed by atoms with Crippen molar-refractivity contribution in [2.24, 2.45) is 7.05 Å². The maximum Gasteiger partial charge on any atom is 0.0537 e. The number of aromatic nitrogens is 2. The van der Waals surface area contributed by atoms with Gasteiger partial charge in [-0.2, -0.15) is 5.10 Å². The Kier molecular flexibility index (Phi) is 4.56. The topological polar surface area (TPSA) is 29.9 Å². The first-order valence-electron chi connectivity index (χ1n) is 5.49. The molecule has 0 aliphatic heterocycles. The van der Waals surface area contributed by atoms with E-state index in [1.54, 1.807) is 0 Å². The van der Waals surface area contributed by atoms with Crippen LogP contribution in [-0.4, -0.2) is 16.3 Å². The fourth-order valence-electron chi connectivity index (χ4n) is 1.59. The molecule has 0 saturated carbocycles. The molecule has 1 aromatic heterocycles. The van der Waals surface area contributed by atoms with E-state index in [-0.39, 0.29) is 0 Å². The van der Waals surface area contributed by atoms with E-state index >= 15 is 0 Å². The second kappa shape index (κ2) is 5.71. The van der Waals surface area contributed by atoms with Crippen LogP contribution in [0.15, 0.2) is 24.5 Å². The van der Waals surface area contributed by atoms with Crippen molar-refractivity contribution >= 4 is 0 Å². The maximum atomic E-state index is 4.20. The van der Waals surface area contributed by atoms with Crippen molar-refractivity contribution in [1.29, 1.82) is 0 Å². The number of hydrogen-bond donors (Lipinski definition) is 1. The van der Waals surface area contributed by atoms with Crippen molar-refractivity contribution in [2.45, 2.75) is 32.7 Å². The van der Waals surface area contributed by atoms with Crippen molar-refractivity contribution < 1.29 is 0 Å². The molecule has 0 fully saturated rings. The summed E-state index contributed by atoms with van der Waals surface area (Å²) in [5, 5.41) is 7.72. The van der Waals surface area contributed by atoms with Crippen molar-refractivity contribution in [3.8, 4) is 0 Å². The normalized spacial score (nSPS) is 12.7. The quantitative estimate of drug-likeness (QED) is 0.726. The highest BCUT2D eigenvalue weighted by atomic mass is 15.2. The zero-order chi connectivity index (χ0) is 11.3. The fourth-order valence-corrected chi connectivity index (χ4v) is 1.59. The molecule has 0 bridgehead atoms. The molecule has 0 saturated heterocycles. The summed E-state index contributed by atoms with van der Waals surface area (Å²) in [6, 6.07) is 0.358. The number of hydrogen-bond acceptors (Lipinski definition) is 2. The van der Waals surface area contributed by atoms with E-state index in [2.05, 4.69) is 37.0 Å². The van der Waals surface area contributed by atoms with E-state index in [1.165, 1.54) is 11.1 Å². The van der Waals surface area contributed by atoms with Crippen LogP contribution < -0.4 is 5.32 Å². The minimum atomic E-state index is 0.358. The van der Waals surface area contributed by atoms with Crippen molar-refractivity contribution in [3.63, 3.8) is 0 Å². The van der Waals surface area contributed by atoms with Gasteiger partial charge in [0.1, 0.15) is 0 Å². The average molecular weight is 207 g/mol. The molecular weight excluding hydrogens is 186 g/mol. The van der Waals surface area contributed by atoms with E-state index in [0.29, 0.717) is 6.04 Å². The summed E-state index contributed by atoms with van der Waals surface area (Å²) in [5.41, 5.74) is 2.45. The molecule has 1 aromatic rings. The maximum absolute atomic E-state index is 4.20. The molecule has 1 atom stereocenters. The standard InChI is InChI=1S/C12H21N3/c1-5-6-13-12(7-10(2)3)11-8-14-15(4)9-11/h8-9,12-13H,2,5-7H2,1,3-4H3. The van der Waals surface area contributed by atoms with Crippen LogP contribution in [-0.2, 0) is 7.05 Å². The van der Waals surface area contributed by atoms with Gasteiger partial charge in [0.2, 0.25) is 0 Å². The number of nitrogens with one attached hydrogen (secondary N) is 1. The highest BCUT2D eigenvalue weighted by Gasteiger charge is 2.11. The van der Waals surface area contributed by atoms with E-state index in [9.17, 15) is 0 Å². The summed E-state index contributed by atoms with van der Waals surface area (Å²) >= 11 is 0. The zero-order valence-electron chi connectivity index (χ0n) is 9.95. The molecule has 1 N–H and O–H groups in total. The van der Waals surface area contributed by atoms with Crippen LogP contribution in [0.4, 0.5) is 0 Å². The summed E-state index contributed by atoms with van der Waals surface area (Å²) < 4.78 is 1.84. The lowest BCUT2D eigenvalue weighted by Gasteiger charge is -2.16. The molecule has 0 aliphatic rings. The largest absolute Gasteiger partial charge is 0.310 e. The summed E-state index contributed by atoms with van der Waals surface area (Å²) in [6.07, 6.45) is 6.12. The monoisotopic (exact) mass is 207 g/mol. The Morgan fingerprint density at radius 1 is 1.67 bits per heavy atom. The summed E-state index contributed by atoms with van der Waals surface area (Å²) in [6.45, 7) is 9.24. The molecule has 3 nitrogen and oxygen atoms in total. The number of nitrogens with zero attached hydrogens (tertiary/aromatic N) is 2. The van der Waals surface area contributed by atoms with E-state index in [1.807, 2.05) is 17.9 Å². The molecule has 84 valence electrons. The third kappa shape index (κ3) is 3.88. The second-order valence-electron chi connectivity index (χ2n) is 4.12. The number of rotatable bonds is 6. The van der Waals surface area contributed by atoms with E-state index < -0.39 is 0 Å². The smallest absolute Gasteiger partial charge is 0.0537 e. The SMILES string of the molecule is C=C(C)CC(NCCC)c1cnn(C)c1. The van der Waals surface area contributed by atoms with Crippen molar-refractivity contribution in [2.75, 3.05) is 6.54 Å². The Morgan fingerprint density at radius 3 is 2.87 bits per heavy atom. The van der Waals surface area contributed by atoms with Gasteiger partial charge in [-0.15, -0.1) is 6.58 Å². The minimum absolute atomic E-state index is 0.358. The van der Waals surface area contributed by atoms with Gasteiger partial charge < -0.3 is 5.32 Å². The molecule has 0 aromatic carbocycles. The predicted octanol–water partition coefficient (Wildman–Crippen LogP) is 2.43. The lowest BCUT2D eigenvalue weighted by Crippen LogP contribution is -2.22. The van der Waals surface area contributed by atoms with Crippen LogP contribution in [0.25, 0.3) is 0 Å². The highest BCUT2D eigenvalue weighted by molar-refractivity contribution is 5.13. The first-order valence-corrected chi connectivity index (χ1v) is 5.49. The van der Waals surface area contributed by atoms with Crippen LogP contribution in [0.2, 0.25) is 0 Å². The van der Waals surface area contributed by atoms with E-state index in [4.69, 9.17) is 0 Å². The molecule has 0 amide bonds. The van der Waals surface area contributed by atoms with Gasteiger partial charge in [0.05, 0.1) is 6.20 Å². The lowest BCUT2D eigenvalue weighted by molar-refractivity contribution is 0.527. The Morgan fingerprint density at radius 2 is 2.40 bits per heavy atom. The van der Waals surface area contributed by atoms with Crippen LogP contribution >= 0.6 is 0 Å². The molecule has 0 radical (unpaired) electrons. The summed E-state index contributed by atoms with van der Waals surface area (Å²) in [7, 11) is 1.95. The minimum Gasteiger partial charge on any atom is -0.310 e. The highest BCUT2D eigenvalue weighted by Crippen LogP contribution is 2.19. The molecule has 1 rings (SSSR count). The van der Waals surface area contributed by atoms with Gasteiger partial charge in [0.25, 0.3) is 0 Å². The molecular formula is C12H21N3. The third-order valence-electron chi connectivity index (χ3n) is 2.32. The van der Waals surface area contributed by atoms with Gasteiger partial charge in [-0.05, 0) is 26.3 Å². The average Bonchev–Trinajstić information content (AvgIpc) is 2.58. The van der Waals surface area contributed by atoms with Crippen LogP contribution in [0.1, 0.15) is 38.3 Å². The molecule has 0 spiro atoms. The zero-order valence-corrected chi connectivity index (χ0v) is 9.95. The van der Waals surface area contributed by atoms with Crippen molar-refractivity contribution in [3.05, 3.63) is 30.1 Å². The first-order chi connectivity index (χ1) is 7.13. The first kappa shape index (κ1) is 12.0. The molecule has 15 heavy (non-hydrogen) atoms. The molecule has 3 heteroatoms. The second-order valence-corrected chi connectivity index (χ2v) is 4.12. The van der Waals surface area contributed by atoms with Gasteiger partial charge in [-0.3, -0.25) is 4.68 Å². The molecule has 1 heterocycles. The van der Waals surface area contributed by atoms with Crippen molar-refractivity contribution in [1.82, 2.24) is 15.1 Å². The van der Waals surface area contributed by atoms with Gasteiger partial charge in [0.15, 0.2) is 0 Å². The Bertz CT molecular complexity index is 314. The third-order valence-corrected chi connectivity index (χ3v) is 2.32. The van der Waals surface area contributed by atoms with Gasteiger partial charge in [-0.1, -0.05) is 12.5 Å². The van der Waals surface area contributed by atoms with E-state index in [0.717, 1.165) is 19.4 Å². The van der Waals surface area contributed by atoms with Gasteiger partial charge >= 0.3 is 0 Å². The Balaban J connectivity index is 2.66. The van der Waals surface area contributed by atoms with Gasteiger partial charge in [-0.25, -0.2) is 0 Å². The van der Waals surface area contributed by atoms with Crippen LogP contribution in [0, 0.1) is 0 Å². The molecule has 0 aliphatic carbocycles. The summed E-state index contributed by atoms with van der Waals surface area (Å²) in [4.78, 5) is 0. The lowest BCUT2D eigenvalue weighted by atomic mass is 10.0. The van der Waals surface area contributed by atoms with Crippen LogP contribution in [0.3, 0.4) is 0 Å². The predicted molar refractivity (Wildman–Crippen MR) is 63.7 cm³/mol. The Labute approximate surface area is 92.2 Å².